The highest BCUT2D eigenvalue weighted by atomic mass is 127. The van der Waals surface area contributed by atoms with Crippen LogP contribution in [0.2, 0.25) is 0 Å². The van der Waals surface area contributed by atoms with Crippen molar-refractivity contribution in [3.63, 3.8) is 0 Å². The zero-order valence-corrected chi connectivity index (χ0v) is 15.4. The molecule has 0 radical (unpaired) electrons. The zero-order chi connectivity index (χ0) is 14.6. The van der Waals surface area contributed by atoms with Crippen LogP contribution in [0.1, 0.15) is 43.7 Å². The zero-order valence-electron chi connectivity index (χ0n) is 13.1. The summed E-state index contributed by atoms with van der Waals surface area (Å²) in [6.45, 7) is 4.30. The quantitative estimate of drug-likeness (QED) is 0.287. The molecule has 0 aliphatic heterocycles. The largest absolute Gasteiger partial charge is 0.380 e. The molecule has 1 aromatic rings. The van der Waals surface area contributed by atoms with Gasteiger partial charge in [-0.15, -0.1) is 24.0 Å². The maximum Gasteiger partial charge on any atom is 0.188 e. The van der Waals surface area contributed by atoms with Crippen LogP contribution in [0.25, 0.3) is 0 Å². The molecule has 4 nitrogen and oxygen atoms in total. The Morgan fingerprint density at radius 1 is 1.19 bits per heavy atom. The molecule has 1 rings (SSSR count). The summed E-state index contributed by atoms with van der Waals surface area (Å²) < 4.78 is 5.18. The minimum absolute atomic E-state index is 0. The molecular weight excluding hydrogens is 377 g/mol. The topological polar surface area (TPSA) is 59.6 Å². The minimum atomic E-state index is 0. The van der Waals surface area contributed by atoms with Crippen molar-refractivity contribution in [1.82, 2.24) is 5.32 Å². The summed E-state index contributed by atoms with van der Waals surface area (Å²) in [6, 6.07) is 8.14. The number of aliphatic imine (C=N–C) groups is 1. The normalized spacial score (nSPS) is 11.0. The lowest BCUT2D eigenvalue weighted by molar-refractivity contribution is 0.184. The molecule has 0 fully saturated rings. The van der Waals surface area contributed by atoms with Crippen LogP contribution >= 0.6 is 24.0 Å². The fraction of sp³-hybridized carbons (Fsp3) is 0.562. The van der Waals surface area contributed by atoms with E-state index in [4.69, 9.17) is 10.5 Å². The standard InChI is InChI=1S/C16H27N3O.HI/c1-3-4-5-8-11-18-16(17)19-12-14-9-6-7-10-15(14)13-20-2;/h6-7,9-10H,3-5,8,11-13H2,1-2H3,(H3,17,18,19);1H. The predicted octanol–water partition coefficient (Wildman–Crippen LogP) is 3.44. The first-order valence-electron chi connectivity index (χ1n) is 7.37. The van der Waals surface area contributed by atoms with Crippen LogP contribution in [0.4, 0.5) is 0 Å². The second-order valence-electron chi connectivity index (χ2n) is 4.89. The van der Waals surface area contributed by atoms with Crippen LogP contribution in [-0.2, 0) is 17.9 Å². The lowest BCUT2D eigenvalue weighted by Crippen LogP contribution is -2.32. The number of halogens is 1. The lowest BCUT2D eigenvalue weighted by atomic mass is 10.1. The molecule has 0 aliphatic rings. The highest BCUT2D eigenvalue weighted by Gasteiger charge is 2.00. The van der Waals surface area contributed by atoms with E-state index in [0.29, 0.717) is 19.1 Å². The fourth-order valence-corrected chi connectivity index (χ4v) is 2.00. The molecule has 0 aromatic heterocycles. The average molecular weight is 405 g/mol. The molecule has 0 bridgehead atoms. The highest BCUT2D eigenvalue weighted by Crippen LogP contribution is 2.10. The summed E-state index contributed by atoms with van der Waals surface area (Å²) in [4.78, 5) is 4.38. The van der Waals surface area contributed by atoms with Gasteiger partial charge in [0.2, 0.25) is 0 Å². The van der Waals surface area contributed by atoms with Crippen molar-refractivity contribution in [3.8, 4) is 0 Å². The van der Waals surface area contributed by atoms with Crippen LogP contribution in [0, 0.1) is 0 Å². The Bertz CT molecular complexity index is 410. The van der Waals surface area contributed by atoms with Crippen LogP contribution in [0.5, 0.6) is 0 Å². The van der Waals surface area contributed by atoms with Gasteiger partial charge in [-0.2, -0.15) is 0 Å². The van der Waals surface area contributed by atoms with Crippen molar-refractivity contribution in [2.24, 2.45) is 10.7 Å². The third kappa shape index (κ3) is 8.93. The number of nitrogens with zero attached hydrogens (tertiary/aromatic N) is 1. The van der Waals surface area contributed by atoms with Gasteiger partial charge in [0.1, 0.15) is 0 Å². The Labute approximate surface area is 145 Å². The molecule has 0 unspecified atom stereocenters. The maximum absolute atomic E-state index is 5.87. The second-order valence-corrected chi connectivity index (χ2v) is 4.89. The summed E-state index contributed by atoms with van der Waals surface area (Å²) >= 11 is 0. The van der Waals surface area contributed by atoms with Gasteiger partial charge in [-0.3, -0.25) is 0 Å². The number of methoxy groups -OCH3 is 1. The van der Waals surface area contributed by atoms with Gasteiger partial charge in [0, 0.05) is 13.7 Å². The molecule has 0 atom stereocenters. The number of hydrogen-bond donors (Lipinski definition) is 2. The molecule has 1 aromatic carbocycles. The molecule has 0 amide bonds. The first kappa shape index (κ1) is 20.2. The fourth-order valence-electron chi connectivity index (χ4n) is 2.00. The van der Waals surface area contributed by atoms with Gasteiger partial charge >= 0.3 is 0 Å². The second kappa shape index (κ2) is 12.9. The molecule has 120 valence electrons. The van der Waals surface area contributed by atoms with E-state index in [1.165, 1.54) is 19.3 Å². The van der Waals surface area contributed by atoms with E-state index in [-0.39, 0.29) is 24.0 Å². The monoisotopic (exact) mass is 405 g/mol. The van der Waals surface area contributed by atoms with Crippen molar-refractivity contribution in [3.05, 3.63) is 35.4 Å². The van der Waals surface area contributed by atoms with E-state index in [0.717, 1.165) is 24.1 Å². The van der Waals surface area contributed by atoms with Gasteiger partial charge in [-0.1, -0.05) is 50.5 Å². The number of benzene rings is 1. The van der Waals surface area contributed by atoms with Crippen LogP contribution in [-0.4, -0.2) is 19.6 Å². The molecule has 3 N–H and O–H groups in total. The molecule has 0 aliphatic carbocycles. The predicted molar refractivity (Wildman–Crippen MR) is 100 cm³/mol. The highest BCUT2D eigenvalue weighted by molar-refractivity contribution is 14.0. The van der Waals surface area contributed by atoms with Gasteiger partial charge in [0.05, 0.1) is 13.2 Å². The Morgan fingerprint density at radius 3 is 2.57 bits per heavy atom. The van der Waals surface area contributed by atoms with E-state index < -0.39 is 0 Å². The van der Waals surface area contributed by atoms with Crippen LogP contribution < -0.4 is 11.1 Å². The van der Waals surface area contributed by atoms with Gasteiger partial charge in [0.25, 0.3) is 0 Å². The smallest absolute Gasteiger partial charge is 0.188 e. The molecule has 0 heterocycles. The molecule has 0 saturated carbocycles. The summed E-state index contributed by atoms with van der Waals surface area (Å²) in [6.07, 6.45) is 4.92. The Hall–Kier alpha value is -0.820. The SMILES string of the molecule is CCCCCCNC(N)=NCc1ccccc1COC.I. The first-order valence-corrected chi connectivity index (χ1v) is 7.37. The van der Waals surface area contributed by atoms with Crippen molar-refractivity contribution < 1.29 is 4.74 Å². The van der Waals surface area contributed by atoms with Gasteiger partial charge in [-0.05, 0) is 17.5 Å². The van der Waals surface area contributed by atoms with Gasteiger partial charge in [0.15, 0.2) is 5.96 Å². The molecule has 0 spiro atoms. The molecule has 0 saturated heterocycles. The number of nitrogens with one attached hydrogen (secondary N) is 1. The van der Waals surface area contributed by atoms with E-state index in [1.54, 1.807) is 7.11 Å². The van der Waals surface area contributed by atoms with Crippen molar-refractivity contribution >= 4 is 29.9 Å². The van der Waals surface area contributed by atoms with Crippen molar-refractivity contribution in [2.45, 2.75) is 45.8 Å². The van der Waals surface area contributed by atoms with E-state index in [9.17, 15) is 0 Å². The van der Waals surface area contributed by atoms with Gasteiger partial charge in [-0.25, -0.2) is 4.99 Å². The summed E-state index contributed by atoms with van der Waals surface area (Å²) in [5.41, 5.74) is 8.19. The van der Waals surface area contributed by atoms with Crippen LogP contribution in [0.15, 0.2) is 29.3 Å². The summed E-state index contributed by atoms with van der Waals surface area (Å²) in [7, 11) is 1.70. The van der Waals surface area contributed by atoms with E-state index in [2.05, 4.69) is 29.4 Å². The number of hydrogen-bond acceptors (Lipinski definition) is 2. The van der Waals surface area contributed by atoms with E-state index >= 15 is 0 Å². The molecule has 5 heteroatoms. The Kier molecular flexibility index (Phi) is 12.4. The third-order valence-corrected chi connectivity index (χ3v) is 3.17. The van der Waals surface area contributed by atoms with Crippen molar-refractivity contribution in [2.75, 3.05) is 13.7 Å². The Morgan fingerprint density at radius 2 is 1.90 bits per heavy atom. The number of ether oxygens (including phenoxy) is 1. The molecular formula is C16H28IN3O. The lowest BCUT2D eigenvalue weighted by Gasteiger charge is -2.08. The molecule has 21 heavy (non-hydrogen) atoms. The number of nitrogens with two attached hydrogens (primary N) is 1. The van der Waals surface area contributed by atoms with Crippen molar-refractivity contribution in [1.29, 1.82) is 0 Å². The number of unbranched alkanes of at least 4 members (excludes halogenated alkanes) is 3. The minimum Gasteiger partial charge on any atom is -0.380 e. The Balaban J connectivity index is 0.00000400. The van der Waals surface area contributed by atoms with E-state index in [1.807, 2.05) is 12.1 Å². The summed E-state index contributed by atoms with van der Waals surface area (Å²) in [5, 5.41) is 3.16. The number of guanidine groups is 1. The number of rotatable bonds is 9. The summed E-state index contributed by atoms with van der Waals surface area (Å²) in [5.74, 6) is 0.522. The van der Waals surface area contributed by atoms with Crippen LogP contribution in [0.3, 0.4) is 0 Å². The average Bonchev–Trinajstić information content (AvgIpc) is 2.46. The first-order chi connectivity index (χ1) is 9.77. The third-order valence-electron chi connectivity index (χ3n) is 3.17. The maximum atomic E-state index is 5.87. The van der Waals surface area contributed by atoms with Gasteiger partial charge < -0.3 is 15.8 Å².